The third-order valence-electron chi connectivity index (χ3n) is 4.20. The van der Waals surface area contributed by atoms with Gasteiger partial charge in [0.15, 0.2) is 0 Å². The van der Waals surface area contributed by atoms with Crippen molar-refractivity contribution >= 4 is 5.91 Å². The van der Waals surface area contributed by atoms with Gasteiger partial charge in [-0.3, -0.25) is 4.79 Å². The fraction of sp³-hybridized carbons (Fsp3) is 0.588. The molecule has 0 bridgehead atoms. The van der Waals surface area contributed by atoms with Crippen LogP contribution in [0.15, 0.2) is 18.2 Å². The lowest BCUT2D eigenvalue weighted by molar-refractivity contribution is 0.0513. The summed E-state index contributed by atoms with van der Waals surface area (Å²) in [6.07, 6.45) is 3.53. The van der Waals surface area contributed by atoms with Crippen LogP contribution in [-0.4, -0.2) is 34.6 Å². The predicted molar refractivity (Wildman–Crippen MR) is 80.9 cm³/mol. The van der Waals surface area contributed by atoms with E-state index in [1.165, 1.54) is 0 Å². The molecule has 0 spiro atoms. The summed E-state index contributed by atoms with van der Waals surface area (Å²) < 4.78 is 0. The Morgan fingerprint density at radius 3 is 2.60 bits per heavy atom. The summed E-state index contributed by atoms with van der Waals surface area (Å²) in [4.78, 5) is 14.9. The summed E-state index contributed by atoms with van der Waals surface area (Å²) >= 11 is 0. The molecular weight excluding hydrogens is 250 g/mol. The lowest BCUT2D eigenvalue weighted by Crippen LogP contribution is -2.45. The van der Waals surface area contributed by atoms with E-state index < -0.39 is 0 Å². The number of aryl methyl sites for hydroxylation is 2. The van der Waals surface area contributed by atoms with E-state index in [0.717, 1.165) is 42.5 Å². The molecule has 2 rings (SSSR count). The molecule has 1 saturated heterocycles. The molecule has 1 aromatic carbocycles. The fourth-order valence-corrected chi connectivity index (χ4v) is 3.20. The lowest BCUT2D eigenvalue weighted by atomic mass is 9.94. The molecule has 2 unspecified atom stereocenters. The van der Waals surface area contributed by atoms with Crippen molar-refractivity contribution in [3.63, 3.8) is 0 Å². The zero-order valence-electron chi connectivity index (χ0n) is 12.7. The van der Waals surface area contributed by atoms with Gasteiger partial charge in [0.05, 0.1) is 6.10 Å². The Labute approximate surface area is 121 Å². The number of hydrogen-bond acceptors (Lipinski definition) is 2. The number of carbonyl (C=O) groups excluding carboxylic acids is 1. The van der Waals surface area contributed by atoms with Gasteiger partial charge in [0.25, 0.3) is 5.91 Å². The Morgan fingerprint density at radius 1 is 1.35 bits per heavy atom. The smallest absolute Gasteiger partial charge is 0.254 e. The van der Waals surface area contributed by atoms with Crippen LogP contribution in [0, 0.1) is 13.8 Å². The second-order valence-electron chi connectivity index (χ2n) is 6.00. The van der Waals surface area contributed by atoms with Gasteiger partial charge in [0.2, 0.25) is 0 Å². The third-order valence-corrected chi connectivity index (χ3v) is 4.20. The number of amides is 1. The predicted octanol–water partition coefficient (Wildman–Crippen LogP) is 3.07. The fourth-order valence-electron chi connectivity index (χ4n) is 3.20. The first-order valence-corrected chi connectivity index (χ1v) is 7.56. The molecule has 1 N–H and O–H groups in total. The Balaban J connectivity index is 2.25. The van der Waals surface area contributed by atoms with Gasteiger partial charge in [0.1, 0.15) is 0 Å². The largest absolute Gasteiger partial charge is 0.393 e. The molecule has 0 aliphatic carbocycles. The first-order valence-electron chi connectivity index (χ1n) is 7.56. The second-order valence-corrected chi connectivity index (χ2v) is 6.00. The molecule has 20 heavy (non-hydrogen) atoms. The molecule has 1 aromatic rings. The number of aliphatic hydroxyl groups is 1. The van der Waals surface area contributed by atoms with Crippen molar-refractivity contribution < 1.29 is 9.90 Å². The van der Waals surface area contributed by atoms with Gasteiger partial charge in [-0.25, -0.2) is 0 Å². The van der Waals surface area contributed by atoms with Gasteiger partial charge < -0.3 is 10.0 Å². The maximum atomic E-state index is 12.9. The number of aliphatic hydroxyl groups excluding tert-OH is 1. The van der Waals surface area contributed by atoms with Gasteiger partial charge in [-0.15, -0.1) is 0 Å². The van der Waals surface area contributed by atoms with Crippen molar-refractivity contribution in [2.24, 2.45) is 0 Å². The topological polar surface area (TPSA) is 40.5 Å². The molecule has 1 amide bonds. The molecule has 0 aromatic heterocycles. The standard InChI is InChI=1S/C17H25NO2/c1-12-7-6-8-13(2)16(12)17(20)18-10-5-4-9-15(18)11-14(3)19/h6-8,14-15,19H,4-5,9-11H2,1-3H3. The highest BCUT2D eigenvalue weighted by Gasteiger charge is 2.29. The van der Waals surface area contributed by atoms with Crippen molar-refractivity contribution in [1.82, 2.24) is 4.90 Å². The van der Waals surface area contributed by atoms with Crippen LogP contribution in [0.5, 0.6) is 0 Å². The van der Waals surface area contributed by atoms with Crippen molar-refractivity contribution in [1.29, 1.82) is 0 Å². The zero-order valence-corrected chi connectivity index (χ0v) is 12.7. The van der Waals surface area contributed by atoms with E-state index in [1.54, 1.807) is 6.92 Å². The quantitative estimate of drug-likeness (QED) is 0.921. The van der Waals surface area contributed by atoms with E-state index in [9.17, 15) is 9.90 Å². The van der Waals surface area contributed by atoms with Crippen LogP contribution in [-0.2, 0) is 0 Å². The Kier molecular flexibility index (Phi) is 4.81. The van der Waals surface area contributed by atoms with Crippen LogP contribution in [0.25, 0.3) is 0 Å². The molecule has 0 radical (unpaired) electrons. The summed E-state index contributed by atoms with van der Waals surface area (Å²) in [5, 5.41) is 9.65. The van der Waals surface area contributed by atoms with E-state index in [2.05, 4.69) is 0 Å². The lowest BCUT2D eigenvalue weighted by Gasteiger charge is -2.37. The molecule has 110 valence electrons. The van der Waals surface area contributed by atoms with E-state index in [0.29, 0.717) is 6.42 Å². The normalized spacial score (nSPS) is 20.8. The molecule has 1 fully saturated rings. The third kappa shape index (κ3) is 3.21. The molecule has 1 aliphatic rings. The Morgan fingerprint density at radius 2 is 2.00 bits per heavy atom. The highest BCUT2D eigenvalue weighted by Crippen LogP contribution is 2.25. The molecule has 2 atom stereocenters. The number of benzene rings is 1. The van der Waals surface area contributed by atoms with Crippen molar-refractivity contribution in [2.75, 3.05) is 6.54 Å². The minimum absolute atomic E-state index is 0.131. The minimum Gasteiger partial charge on any atom is -0.393 e. The highest BCUT2D eigenvalue weighted by molar-refractivity contribution is 5.97. The molecule has 3 heteroatoms. The second kappa shape index (κ2) is 6.40. The SMILES string of the molecule is Cc1cccc(C)c1C(=O)N1CCCCC1CC(C)O. The molecule has 0 saturated carbocycles. The van der Waals surface area contributed by atoms with Crippen LogP contribution >= 0.6 is 0 Å². The van der Waals surface area contributed by atoms with Crippen LogP contribution in [0.1, 0.15) is 54.1 Å². The number of piperidine rings is 1. The van der Waals surface area contributed by atoms with E-state index in [1.807, 2.05) is 36.9 Å². The monoisotopic (exact) mass is 275 g/mol. The summed E-state index contributed by atoms with van der Waals surface area (Å²) in [5.74, 6) is 0.131. The Bertz CT molecular complexity index is 462. The highest BCUT2D eigenvalue weighted by atomic mass is 16.3. The average molecular weight is 275 g/mol. The van der Waals surface area contributed by atoms with Gasteiger partial charge in [-0.1, -0.05) is 18.2 Å². The van der Waals surface area contributed by atoms with Crippen molar-refractivity contribution in [3.8, 4) is 0 Å². The number of likely N-dealkylation sites (tertiary alicyclic amines) is 1. The van der Waals surface area contributed by atoms with E-state index in [-0.39, 0.29) is 18.1 Å². The summed E-state index contributed by atoms with van der Waals surface area (Å²) in [5.41, 5.74) is 2.91. The van der Waals surface area contributed by atoms with Crippen molar-refractivity contribution in [3.05, 3.63) is 34.9 Å². The Hall–Kier alpha value is -1.35. The molecule has 1 aliphatic heterocycles. The van der Waals surface area contributed by atoms with Crippen LogP contribution in [0.3, 0.4) is 0 Å². The number of nitrogens with zero attached hydrogens (tertiary/aromatic N) is 1. The number of rotatable bonds is 3. The molecule has 1 heterocycles. The van der Waals surface area contributed by atoms with Gasteiger partial charge in [0, 0.05) is 18.2 Å². The van der Waals surface area contributed by atoms with E-state index in [4.69, 9.17) is 0 Å². The minimum atomic E-state index is -0.355. The summed E-state index contributed by atoms with van der Waals surface area (Å²) in [6.45, 7) is 6.60. The summed E-state index contributed by atoms with van der Waals surface area (Å²) in [6, 6.07) is 6.15. The first-order chi connectivity index (χ1) is 9.50. The number of carbonyl (C=O) groups is 1. The summed E-state index contributed by atoms with van der Waals surface area (Å²) in [7, 11) is 0. The average Bonchev–Trinajstić information content (AvgIpc) is 2.38. The maximum absolute atomic E-state index is 12.9. The van der Waals surface area contributed by atoms with Crippen LogP contribution in [0.4, 0.5) is 0 Å². The van der Waals surface area contributed by atoms with Gasteiger partial charge >= 0.3 is 0 Å². The molecular formula is C17H25NO2. The zero-order chi connectivity index (χ0) is 14.7. The van der Waals surface area contributed by atoms with Crippen LogP contribution in [0.2, 0.25) is 0 Å². The van der Waals surface area contributed by atoms with E-state index >= 15 is 0 Å². The van der Waals surface area contributed by atoms with Gasteiger partial charge in [-0.05, 0) is 57.6 Å². The van der Waals surface area contributed by atoms with Gasteiger partial charge in [-0.2, -0.15) is 0 Å². The van der Waals surface area contributed by atoms with Crippen molar-refractivity contribution in [2.45, 2.75) is 58.6 Å². The maximum Gasteiger partial charge on any atom is 0.254 e. The number of hydrogen-bond donors (Lipinski definition) is 1. The first kappa shape index (κ1) is 15.0. The van der Waals surface area contributed by atoms with Crippen LogP contribution < -0.4 is 0 Å². The molecule has 3 nitrogen and oxygen atoms in total.